The number of hydrogen-bond acceptors (Lipinski definition) is 5. The molecule has 0 aliphatic rings. The molecule has 94 valence electrons. The number of nitrogens with one attached hydrogen (secondary N) is 1. The minimum Gasteiger partial charge on any atom is -0.463 e. The van der Waals surface area contributed by atoms with Crippen LogP contribution in [0.1, 0.15) is 26.7 Å². The third-order valence-corrected chi connectivity index (χ3v) is 2.02. The first-order valence-electron chi connectivity index (χ1n) is 5.65. The van der Waals surface area contributed by atoms with Gasteiger partial charge < -0.3 is 10.1 Å². The van der Waals surface area contributed by atoms with Crippen molar-refractivity contribution < 1.29 is 4.74 Å². The molecule has 1 aromatic heterocycles. The van der Waals surface area contributed by atoms with Gasteiger partial charge in [-0.3, -0.25) is 0 Å². The zero-order chi connectivity index (χ0) is 12.5. The first-order valence-corrected chi connectivity index (χ1v) is 6.03. The number of aromatic nitrogens is 3. The monoisotopic (exact) mass is 256 g/mol. The molecule has 0 spiro atoms. The van der Waals surface area contributed by atoms with Crippen LogP contribution in [0.2, 0.25) is 5.28 Å². The Labute approximate surface area is 106 Å². The van der Waals surface area contributed by atoms with E-state index in [1.54, 1.807) is 0 Å². The molecule has 0 bridgehead atoms. The Morgan fingerprint density at radius 1 is 1.35 bits per heavy atom. The summed E-state index contributed by atoms with van der Waals surface area (Å²) in [7, 11) is 0. The largest absolute Gasteiger partial charge is 0.463 e. The maximum absolute atomic E-state index is 5.77. The lowest BCUT2D eigenvalue weighted by molar-refractivity contribution is 0.291. The van der Waals surface area contributed by atoms with Gasteiger partial charge in [-0.15, -0.1) is 0 Å². The van der Waals surface area contributed by atoms with E-state index in [2.05, 4.69) is 26.3 Å². The Bertz CT molecular complexity index is 370. The number of halogens is 1. The van der Waals surface area contributed by atoms with Crippen molar-refractivity contribution in [2.75, 3.05) is 18.5 Å². The molecule has 0 unspecified atom stereocenters. The maximum Gasteiger partial charge on any atom is 0.322 e. The van der Waals surface area contributed by atoms with Crippen LogP contribution in [0.25, 0.3) is 0 Å². The van der Waals surface area contributed by atoms with Crippen molar-refractivity contribution in [2.45, 2.75) is 26.7 Å². The topological polar surface area (TPSA) is 59.9 Å². The van der Waals surface area contributed by atoms with Gasteiger partial charge >= 0.3 is 6.01 Å². The number of hydrogen-bond donors (Lipinski definition) is 1. The predicted molar refractivity (Wildman–Crippen MR) is 68.5 cm³/mol. The summed E-state index contributed by atoms with van der Waals surface area (Å²) in [6.45, 7) is 5.31. The molecule has 0 radical (unpaired) electrons. The highest BCUT2D eigenvalue weighted by atomic mass is 35.5. The van der Waals surface area contributed by atoms with E-state index in [-0.39, 0.29) is 11.3 Å². The number of rotatable bonds is 7. The number of nitrogens with zero attached hydrogens (tertiary/aromatic N) is 3. The number of ether oxygens (including phenoxy) is 1. The highest BCUT2D eigenvalue weighted by molar-refractivity contribution is 6.28. The van der Waals surface area contributed by atoms with Crippen molar-refractivity contribution in [1.82, 2.24) is 15.0 Å². The molecule has 0 aliphatic heterocycles. The van der Waals surface area contributed by atoms with E-state index in [1.807, 2.05) is 19.9 Å². The molecule has 1 N–H and O–H groups in total. The van der Waals surface area contributed by atoms with Crippen molar-refractivity contribution in [3.63, 3.8) is 0 Å². The summed E-state index contributed by atoms with van der Waals surface area (Å²) >= 11 is 5.77. The molecule has 0 amide bonds. The third kappa shape index (κ3) is 5.49. The second-order valence-electron chi connectivity index (χ2n) is 3.34. The van der Waals surface area contributed by atoms with E-state index < -0.39 is 0 Å². The van der Waals surface area contributed by atoms with Crippen molar-refractivity contribution in [3.05, 3.63) is 17.4 Å². The second kappa shape index (κ2) is 7.84. The highest BCUT2D eigenvalue weighted by Gasteiger charge is 2.04. The summed E-state index contributed by atoms with van der Waals surface area (Å²) < 4.78 is 5.30. The van der Waals surface area contributed by atoms with Crippen LogP contribution in [-0.2, 0) is 0 Å². The number of anilines is 1. The van der Waals surface area contributed by atoms with Crippen LogP contribution in [0.4, 0.5) is 5.95 Å². The minimum atomic E-state index is 0.139. The average Bonchev–Trinajstić information content (AvgIpc) is 2.31. The SMILES string of the molecule is C/C=C/CCNc1nc(Cl)nc(OCCC)n1. The van der Waals surface area contributed by atoms with E-state index in [4.69, 9.17) is 16.3 Å². The van der Waals surface area contributed by atoms with Crippen molar-refractivity contribution in [2.24, 2.45) is 0 Å². The van der Waals surface area contributed by atoms with E-state index in [1.165, 1.54) is 0 Å². The molecule has 5 nitrogen and oxygen atoms in total. The summed E-state index contributed by atoms with van der Waals surface area (Å²) in [5, 5.41) is 3.20. The molecule has 17 heavy (non-hydrogen) atoms. The van der Waals surface area contributed by atoms with Crippen molar-refractivity contribution in [1.29, 1.82) is 0 Å². The lowest BCUT2D eigenvalue weighted by Crippen LogP contribution is -2.08. The summed E-state index contributed by atoms with van der Waals surface area (Å²) in [6, 6.07) is 0.264. The first kappa shape index (κ1) is 13.7. The summed E-state index contributed by atoms with van der Waals surface area (Å²) in [6.07, 6.45) is 5.86. The molecule has 0 aromatic carbocycles. The van der Waals surface area contributed by atoms with Crippen molar-refractivity contribution in [3.8, 4) is 6.01 Å². The van der Waals surface area contributed by atoms with Gasteiger partial charge in [-0.05, 0) is 31.4 Å². The fourth-order valence-corrected chi connectivity index (χ4v) is 1.26. The van der Waals surface area contributed by atoms with Crippen LogP contribution in [-0.4, -0.2) is 28.1 Å². The molecule has 1 aromatic rings. The Morgan fingerprint density at radius 3 is 2.88 bits per heavy atom. The summed E-state index contributed by atoms with van der Waals surface area (Å²) in [5.41, 5.74) is 0. The molecule has 6 heteroatoms. The van der Waals surface area contributed by atoms with Gasteiger partial charge in [0.05, 0.1) is 6.61 Å². The van der Waals surface area contributed by atoms with Crippen LogP contribution >= 0.6 is 11.6 Å². The Kier molecular flexibility index (Phi) is 6.32. The Hall–Kier alpha value is -1.36. The standard InChI is InChI=1S/C11H17ClN4O/c1-3-5-6-7-13-10-14-9(12)15-11(16-10)17-8-4-2/h3,5H,4,6-8H2,1-2H3,(H,13,14,15,16)/b5-3+. The number of allylic oxidation sites excluding steroid dienone is 1. The van der Waals surface area contributed by atoms with E-state index in [0.29, 0.717) is 12.6 Å². The van der Waals surface area contributed by atoms with Gasteiger partial charge in [0.2, 0.25) is 11.2 Å². The van der Waals surface area contributed by atoms with Crippen molar-refractivity contribution >= 4 is 17.5 Å². The van der Waals surface area contributed by atoms with Crippen LogP contribution in [0.5, 0.6) is 6.01 Å². The summed E-state index contributed by atoms with van der Waals surface area (Å²) in [4.78, 5) is 12.0. The van der Waals surface area contributed by atoms with Gasteiger partial charge in [0.25, 0.3) is 0 Å². The molecular formula is C11H17ClN4O. The molecule has 0 aliphatic carbocycles. The molecule has 1 rings (SSSR count). The highest BCUT2D eigenvalue weighted by Crippen LogP contribution is 2.11. The van der Waals surface area contributed by atoms with Crippen LogP contribution < -0.4 is 10.1 Å². The molecule has 0 saturated carbocycles. The lowest BCUT2D eigenvalue weighted by atomic mass is 10.4. The van der Waals surface area contributed by atoms with Gasteiger partial charge in [-0.2, -0.15) is 15.0 Å². The third-order valence-electron chi connectivity index (χ3n) is 1.85. The van der Waals surface area contributed by atoms with Crippen LogP contribution in [0.15, 0.2) is 12.2 Å². The van der Waals surface area contributed by atoms with E-state index >= 15 is 0 Å². The van der Waals surface area contributed by atoms with E-state index in [0.717, 1.165) is 19.4 Å². The predicted octanol–water partition coefficient (Wildman–Crippen LogP) is 2.69. The molecular weight excluding hydrogens is 240 g/mol. The Balaban J connectivity index is 2.55. The zero-order valence-corrected chi connectivity index (χ0v) is 10.9. The Morgan fingerprint density at radius 2 is 2.18 bits per heavy atom. The normalized spacial score (nSPS) is 10.8. The van der Waals surface area contributed by atoms with Gasteiger partial charge in [0, 0.05) is 6.54 Å². The lowest BCUT2D eigenvalue weighted by Gasteiger charge is -2.06. The minimum absolute atomic E-state index is 0.139. The van der Waals surface area contributed by atoms with Crippen LogP contribution in [0, 0.1) is 0 Å². The average molecular weight is 257 g/mol. The van der Waals surface area contributed by atoms with Gasteiger partial charge in [-0.1, -0.05) is 19.1 Å². The van der Waals surface area contributed by atoms with Gasteiger partial charge in [-0.25, -0.2) is 0 Å². The van der Waals surface area contributed by atoms with Crippen LogP contribution in [0.3, 0.4) is 0 Å². The molecule has 0 fully saturated rings. The summed E-state index contributed by atoms with van der Waals surface area (Å²) in [5.74, 6) is 0.445. The van der Waals surface area contributed by atoms with Gasteiger partial charge in [0.1, 0.15) is 0 Å². The maximum atomic E-state index is 5.77. The van der Waals surface area contributed by atoms with Gasteiger partial charge in [0.15, 0.2) is 0 Å². The fourth-order valence-electron chi connectivity index (χ4n) is 1.10. The molecule has 0 saturated heterocycles. The quantitative estimate of drug-likeness (QED) is 0.600. The molecule has 1 heterocycles. The first-order chi connectivity index (χ1) is 8.26. The smallest absolute Gasteiger partial charge is 0.322 e. The molecule has 0 atom stereocenters. The second-order valence-corrected chi connectivity index (χ2v) is 3.68. The fraction of sp³-hybridized carbons (Fsp3) is 0.545. The zero-order valence-electron chi connectivity index (χ0n) is 10.1. The van der Waals surface area contributed by atoms with E-state index in [9.17, 15) is 0 Å².